The Hall–Kier alpha value is -3.99. The molecule has 0 unspecified atom stereocenters. The number of amides is 1. The van der Waals surface area contributed by atoms with Gasteiger partial charge in [-0.2, -0.15) is 22.0 Å². The van der Waals surface area contributed by atoms with Crippen molar-refractivity contribution in [3.8, 4) is 22.6 Å². The fraction of sp³-hybridized carbons (Fsp3) is 0.459. The Labute approximate surface area is 315 Å². The highest BCUT2D eigenvalue weighted by Gasteiger charge is 2.58. The van der Waals surface area contributed by atoms with Crippen LogP contribution in [0.3, 0.4) is 0 Å². The summed E-state index contributed by atoms with van der Waals surface area (Å²) in [5.74, 6) is -8.47. The number of rotatable bonds is 13. The molecule has 0 aromatic heterocycles. The number of hydrogen-bond donors (Lipinski definition) is 1. The van der Waals surface area contributed by atoms with Crippen LogP contribution >= 0.6 is 11.6 Å². The van der Waals surface area contributed by atoms with Crippen molar-refractivity contribution < 1.29 is 54.3 Å². The van der Waals surface area contributed by atoms with Crippen molar-refractivity contribution in [3.63, 3.8) is 0 Å². The molecular weight excluding hydrogens is 761 g/mol. The minimum absolute atomic E-state index is 0.140. The molecule has 2 aliphatic rings. The van der Waals surface area contributed by atoms with E-state index in [1.54, 1.807) is 19.1 Å². The molecule has 1 saturated carbocycles. The topological polar surface area (TPSA) is 128 Å². The third-order valence-corrected chi connectivity index (χ3v) is 11.4. The second kappa shape index (κ2) is 17.2. The van der Waals surface area contributed by atoms with Gasteiger partial charge in [0.25, 0.3) is 15.9 Å². The Bertz CT molecular complexity index is 1870. The van der Waals surface area contributed by atoms with E-state index in [1.807, 2.05) is 0 Å². The Morgan fingerprint density at radius 3 is 2.09 bits per heavy atom. The average Bonchev–Trinajstić information content (AvgIpc) is 3.15. The van der Waals surface area contributed by atoms with Crippen molar-refractivity contribution in [3.05, 3.63) is 77.3 Å². The fourth-order valence-corrected chi connectivity index (χ4v) is 7.94. The fourth-order valence-electron chi connectivity index (χ4n) is 6.42. The van der Waals surface area contributed by atoms with Crippen LogP contribution in [0.4, 0.5) is 22.0 Å². The van der Waals surface area contributed by atoms with Crippen LogP contribution in [0.1, 0.15) is 57.4 Å². The second-order valence-corrected chi connectivity index (χ2v) is 15.5. The molecule has 1 atom stereocenters. The monoisotopic (exact) mass is 801 g/mol. The van der Waals surface area contributed by atoms with Crippen molar-refractivity contribution in [2.24, 2.45) is 11.7 Å². The van der Waals surface area contributed by atoms with Crippen LogP contribution < -0.4 is 15.2 Å². The molecule has 5 rings (SSSR count). The summed E-state index contributed by atoms with van der Waals surface area (Å²) in [7, 11) is -5.60. The number of hydrogen-bond acceptors (Lipinski definition) is 8. The number of halogens is 6. The van der Waals surface area contributed by atoms with Gasteiger partial charge < -0.3 is 24.9 Å². The number of carbonyl (C=O) groups excluding carboxylic acids is 2. The SMILES string of the molecule is CCOc1cc(-c2ccc(C(F)(F)[C@H](C(=O)N3CCC(N)CC3)N(OC(=O)C(F)(F)F)S(=O)(=O)c3ccc(OCC4CCCCC4)cc3)cc2)ccc1Cl. The van der Waals surface area contributed by atoms with Gasteiger partial charge in [0.1, 0.15) is 11.5 Å². The second-order valence-electron chi connectivity index (χ2n) is 13.3. The lowest BCUT2D eigenvalue weighted by Gasteiger charge is -2.38. The number of nitrogens with two attached hydrogens (primary N) is 1. The standard InChI is InChI=1S/C37H41ClF5N3O7S/c1-2-51-32-22-26(10-17-31(32)38)25-8-11-27(12-9-25)36(39,40)33(34(47)45-20-18-28(44)19-21-45)46(53-35(48)37(41,42)43)54(49,50)30-15-13-29(14-16-30)52-23-24-6-4-3-5-7-24/h8-17,22,24,28,33H,2-7,18-21,23,44H2,1H3/t33-/m0/s1. The number of ether oxygens (including phenoxy) is 2. The average molecular weight is 802 g/mol. The first-order chi connectivity index (χ1) is 25.5. The van der Waals surface area contributed by atoms with Crippen molar-refractivity contribution in [1.29, 1.82) is 0 Å². The highest BCUT2D eigenvalue weighted by Crippen LogP contribution is 2.41. The molecule has 3 aromatic carbocycles. The summed E-state index contributed by atoms with van der Waals surface area (Å²) < 4.78 is 114. The third-order valence-electron chi connectivity index (χ3n) is 9.45. The normalized spacial score (nSPS) is 16.9. The number of benzene rings is 3. The molecule has 1 aliphatic heterocycles. The predicted octanol–water partition coefficient (Wildman–Crippen LogP) is 7.49. The van der Waals surface area contributed by atoms with Gasteiger partial charge in [-0.3, -0.25) is 4.79 Å². The highest BCUT2D eigenvalue weighted by molar-refractivity contribution is 7.89. The molecule has 54 heavy (non-hydrogen) atoms. The molecule has 1 heterocycles. The first kappa shape index (κ1) is 41.2. The minimum Gasteiger partial charge on any atom is -0.493 e. The Balaban J connectivity index is 1.55. The van der Waals surface area contributed by atoms with Crippen LogP contribution in [0.5, 0.6) is 11.5 Å². The number of hydroxylamine groups is 1. The van der Waals surface area contributed by atoms with E-state index in [-0.39, 0.29) is 37.6 Å². The van der Waals surface area contributed by atoms with Crippen molar-refractivity contribution in [2.45, 2.75) is 80.9 Å². The summed E-state index contributed by atoms with van der Waals surface area (Å²) in [5, 5.41) is 0.306. The maximum absolute atomic E-state index is 16.9. The van der Waals surface area contributed by atoms with Crippen LogP contribution in [0.25, 0.3) is 11.1 Å². The number of alkyl halides is 5. The largest absolute Gasteiger partial charge is 0.493 e. The van der Waals surface area contributed by atoms with Gasteiger partial charge >= 0.3 is 18.1 Å². The van der Waals surface area contributed by atoms with Crippen LogP contribution in [0.15, 0.2) is 71.6 Å². The molecule has 0 bridgehead atoms. The molecular formula is C37H41ClF5N3O7S. The molecule has 1 amide bonds. The third kappa shape index (κ3) is 9.62. The lowest BCUT2D eigenvalue weighted by atomic mass is 9.90. The Morgan fingerprint density at radius 2 is 1.50 bits per heavy atom. The highest BCUT2D eigenvalue weighted by atomic mass is 35.5. The van der Waals surface area contributed by atoms with Crippen LogP contribution in [0.2, 0.25) is 5.02 Å². The molecule has 1 aliphatic carbocycles. The molecule has 294 valence electrons. The number of nitrogens with zero attached hydrogens (tertiary/aromatic N) is 2. The summed E-state index contributed by atoms with van der Waals surface area (Å²) >= 11 is 6.18. The smallest absolute Gasteiger partial charge is 0.492 e. The summed E-state index contributed by atoms with van der Waals surface area (Å²) in [5.41, 5.74) is 5.87. The van der Waals surface area contributed by atoms with E-state index >= 15 is 8.78 Å². The lowest BCUT2D eigenvalue weighted by Crippen LogP contribution is -2.60. The van der Waals surface area contributed by atoms with Crippen molar-refractivity contribution in [2.75, 3.05) is 26.3 Å². The molecule has 10 nitrogen and oxygen atoms in total. The maximum atomic E-state index is 16.9. The quantitative estimate of drug-likeness (QED) is 0.139. The number of piperidine rings is 1. The van der Waals surface area contributed by atoms with Gasteiger partial charge in [0.15, 0.2) is 0 Å². The van der Waals surface area contributed by atoms with Gasteiger partial charge in [-0.05, 0) is 90.5 Å². The van der Waals surface area contributed by atoms with Gasteiger partial charge in [0.05, 0.1) is 23.1 Å². The molecule has 0 spiro atoms. The molecule has 1 saturated heterocycles. The first-order valence-corrected chi connectivity index (χ1v) is 19.4. The van der Waals surface area contributed by atoms with Gasteiger partial charge in [-0.15, -0.1) is 0 Å². The zero-order valence-corrected chi connectivity index (χ0v) is 30.9. The number of likely N-dealkylation sites (tertiary alicyclic amines) is 1. The summed E-state index contributed by atoms with van der Waals surface area (Å²) in [6.07, 6.45) is -0.415. The number of sulfonamides is 1. The zero-order valence-electron chi connectivity index (χ0n) is 29.4. The maximum Gasteiger partial charge on any atom is 0.492 e. The molecule has 3 aromatic rings. The van der Waals surface area contributed by atoms with E-state index in [0.717, 1.165) is 61.3 Å². The summed E-state index contributed by atoms with van der Waals surface area (Å²) in [4.78, 5) is 30.7. The van der Waals surface area contributed by atoms with Crippen LogP contribution in [0, 0.1) is 5.92 Å². The Morgan fingerprint density at radius 1 is 0.889 bits per heavy atom. The van der Waals surface area contributed by atoms with E-state index in [9.17, 15) is 31.2 Å². The molecule has 2 N–H and O–H groups in total. The van der Waals surface area contributed by atoms with Gasteiger partial charge in [0, 0.05) is 24.7 Å². The Kier molecular flexibility index (Phi) is 13.1. The van der Waals surface area contributed by atoms with E-state index in [4.69, 9.17) is 26.8 Å². The van der Waals surface area contributed by atoms with Crippen molar-refractivity contribution in [1.82, 2.24) is 9.37 Å². The molecule has 17 heteroatoms. The van der Waals surface area contributed by atoms with Crippen LogP contribution in [-0.2, 0) is 30.4 Å². The zero-order chi connectivity index (χ0) is 39.3. The van der Waals surface area contributed by atoms with Gasteiger partial charge in [0.2, 0.25) is 6.04 Å². The minimum atomic E-state index is -5.83. The van der Waals surface area contributed by atoms with E-state index in [2.05, 4.69) is 4.84 Å². The molecule has 2 fully saturated rings. The summed E-state index contributed by atoms with van der Waals surface area (Å²) in [6.45, 7) is 1.96. The van der Waals surface area contributed by atoms with Gasteiger partial charge in [-0.1, -0.05) is 61.2 Å². The predicted molar refractivity (Wildman–Crippen MR) is 189 cm³/mol. The number of carbonyl (C=O) groups is 2. The molecule has 0 radical (unpaired) electrons. The van der Waals surface area contributed by atoms with E-state index < -0.39 is 61.0 Å². The van der Waals surface area contributed by atoms with E-state index in [0.29, 0.717) is 35.1 Å². The van der Waals surface area contributed by atoms with Gasteiger partial charge in [-0.25, -0.2) is 13.2 Å². The summed E-state index contributed by atoms with van der Waals surface area (Å²) in [6, 6.07) is 9.51. The first-order valence-electron chi connectivity index (χ1n) is 17.5. The lowest BCUT2D eigenvalue weighted by molar-refractivity contribution is -0.239. The van der Waals surface area contributed by atoms with E-state index in [1.165, 1.54) is 30.3 Å². The van der Waals surface area contributed by atoms with Crippen molar-refractivity contribution >= 4 is 33.5 Å². The van der Waals surface area contributed by atoms with Crippen LogP contribution in [-0.4, -0.2) is 74.2 Å².